The van der Waals surface area contributed by atoms with Crippen molar-refractivity contribution in [3.05, 3.63) is 28.5 Å². The van der Waals surface area contributed by atoms with E-state index < -0.39 is 0 Å². The Kier molecular flexibility index (Phi) is 5.85. The molecule has 0 radical (unpaired) electrons. The van der Waals surface area contributed by atoms with Crippen molar-refractivity contribution >= 4 is 21.6 Å². The van der Waals surface area contributed by atoms with Crippen LogP contribution in [0.4, 0.5) is 10.1 Å². The Labute approximate surface area is 129 Å². The number of hydrogen-bond acceptors (Lipinski definition) is 2. The summed E-state index contributed by atoms with van der Waals surface area (Å²) in [6.45, 7) is 8.10. The summed E-state index contributed by atoms with van der Waals surface area (Å²) in [5.74, 6) is 0.489. The first-order valence-corrected chi connectivity index (χ1v) is 8.33. The molecule has 1 fully saturated rings. The Balaban J connectivity index is 1.87. The summed E-state index contributed by atoms with van der Waals surface area (Å²) in [6.07, 6.45) is 3.72. The molecule has 1 atom stereocenters. The van der Waals surface area contributed by atoms with Crippen LogP contribution in [0.2, 0.25) is 0 Å². The lowest BCUT2D eigenvalue weighted by molar-refractivity contribution is 0.176. The minimum Gasteiger partial charge on any atom is -0.381 e. The number of piperidine rings is 1. The highest BCUT2D eigenvalue weighted by Crippen LogP contribution is 2.27. The van der Waals surface area contributed by atoms with Gasteiger partial charge in [-0.3, -0.25) is 0 Å². The van der Waals surface area contributed by atoms with E-state index in [2.05, 4.69) is 40.0 Å². The van der Waals surface area contributed by atoms with E-state index in [-0.39, 0.29) is 5.82 Å². The van der Waals surface area contributed by atoms with Gasteiger partial charge < -0.3 is 10.2 Å². The summed E-state index contributed by atoms with van der Waals surface area (Å²) in [4.78, 5) is 2.55. The van der Waals surface area contributed by atoms with Crippen LogP contribution in [0.3, 0.4) is 0 Å². The molecule has 0 saturated carbocycles. The first kappa shape index (κ1) is 15.8. The van der Waals surface area contributed by atoms with Crippen LogP contribution >= 0.6 is 15.9 Å². The molecule has 1 heterocycles. The normalized spacial score (nSPS) is 19.0. The molecular formula is C16H24BrFN2. The van der Waals surface area contributed by atoms with Crippen LogP contribution in [0, 0.1) is 11.7 Å². The number of hydrogen-bond donors (Lipinski definition) is 1. The third-order valence-electron chi connectivity index (χ3n) is 4.19. The van der Waals surface area contributed by atoms with Gasteiger partial charge in [0, 0.05) is 16.2 Å². The lowest BCUT2D eigenvalue weighted by Gasteiger charge is -2.35. The van der Waals surface area contributed by atoms with Gasteiger partial charge >= 0.3 is 0 Å². The van der Waals surface area contributed by atoms with E-state index in [0.29, 0.717) is 12.0 Å². The summed E-state index contributed by atoms with van der Waals surface area (Å²) in [5, 5.41) is 3.52. The van der Waals surface area contributed by atoms with Gasteiger partial charge in [0.1, 0.15) is 5.82 Å². The fourth-order valence-electron chi connectivity index (χ4n) is 2.96. The van der Waals surface area contributed by atoms with Gasteiger partial charge in [-0.2, -0.15) is 0 Å². The Bertz CT molecular complexity index is 430. The van der Waals surface area contributed by atoms with E-state index in [1.54, 1.807) is 0 Å². The van der Waals surface area contributed by atoms with Crippen molar-refractivity contribution in [3.8, 4) is 0 Å². The second kappa shape index (κ2) is 7.41. The maximum atomic E-state index is 13.1. The molecule has 1 aliphatic rings. The fourth-order valence-corrected chi connectivity index (χ4v) is 3.43. The molecule has 112 valence electrons. The Morgan fingerprint density at radius 3 is 2.70 bits per heavy atom. The standard InChI is InChI=1S/C16H24BrFN2/c1-3-8-20-9-6-13(7-10-20)12(2)19-16-5-4-14(18)11-15(16)17/h4-5,11-13,19H,3,6-10H2,1-2H3. The molecule has 1 aromatic carbocycles. The highest BCUT2D eigenvalue weighted by Gasteiger charge is 2.23. The molecule has 0 aromatic heterocycles. The molecule has 0 bridgehead atoms. The lowest BCUT2D eigenvalue weighted by Crippen LogP contribution is -2.39. The van der Waals surface area contributed by atoms with E-state index in [0.717, 1.165) is 10.2 Å². The van der Waals surface area contributed by atoms with Gasteiger partial charge in [0.05, 0.1) is 0 Å². The molecule has 4 heteroatoms. The van der Waals surface area contributed by atoms with E-state index in [1.165, 1.54) is 51.0 Å². The van der Waals surface area contributed by atoms with Crippen molar-refractivity contribution in [3.63, 3.8) is 0 Å². The maximum absolute atomic E-state index is 13.1. The van der Waals surface area contributed by atoms with E-state index in [1.807, 2.05) is 6.07 Å². The number of nitrogens with one attached hydrogen (secondary N) is 1. The number of benzene rings is 1. The van der Waals surface area contributed by atoms with E-state index in [4.69, 9.17) is 0 Å². The van der Waals surface area contributed by atoms with Gasteiger partial charge in [-0.1, -0.05) is 6.92 Å². The topological polar surface area (TPSA) is 15.3 Å². The zero-order valence-corrected chi connectivity index (χ0v) is 13.9. The van der Waals surface area contributed by atoms with Gasteiger partial charge in [0.25, 0.3) is 0 Å². The zero-order chi connectivity index (χ0) is 14.5. The third-order valence-corrected chi connectivity index (χ3v) is 4.85. The second-order valence-electron chi connectivity index (χ2n) is 5.74. The average Bonchev–Trinajstić information content (AvgIpc) is 2.43. The molecule has 2 rings (SSSR count). The Morgan fingerprint density at radius 1 is 1.40 bits per heavy atom. The second-order valence-corrected chi connectivity index (χ2v) is 6.59. The number of likely N-dealkylation sites (tertiary alicyclic amines) is 1. The monoisotopic (exact) mass is 342 g/mol. The molecule has 1 aliphatic heterocycles. The lowest BCUT2D eigenvalue weighted by atomic mass is 9.90. The highest BCUT2D eigenvalue weighted by molar-refractivity contribution is 9.10. The number of anilines is 1. The average molecular weight is 343 g/mol. The van der Waals surface area contributed by atoms with Crippen molar-refractivity contribution in [1.82, 2.24) is 4.90 Å². The number of halogens is 2. The Hall–Kier alpha value is -0.610. The molecule has 0 amide bonds. The largest absolute Gasteiger partial charge is 0.381 e. The summed E-state index contributed by atoms with van der Waals surface area (Å²) in [6, 6.07) is 5.24. The summed E-state index contributed by atoms with van der Waals surface area (Å²) in [5.41, 5.74) is 0.981. The summed E-state index contributed by atoms with van der Waals surface area (Å²) in [7, 11) is 0. The van der Waals surface area contributed by atoms with Crippen molar-refractivity contribution in [2.75, 3.05) is 25.0 Å². The number of rotatable bonds is 5. The maximum Gasteiger partial charge on any atom is 0.124 e. The van der Waals surface area contributed by atoms with Crippen molar-refractivity contribution in [2.24, 2.45) is 5.92 Å². The zero-order valence-electron chi connectivity index (χ0n) is 12.3. The smallest absolute Gasteiger partial charge is 0.124 e. The first-order valence-electron chi connectivity index (χ1n) is 7.54. The highest BCUT2D eigenvalue weighted by atomic mass is 79.9. The minimum atomic E-state index is -0.206. The van der Waals surface area contributed by atoms with Crippen molar-refractivity contribution in [2.45, 2.75) is 39.2 Å². The molecule has 20 heavy (non-hydrogen) atoms. The van der Waals surface area contributed by atoms with Crippen LogP contribution < -0.4 is 5.32 Å². The molecule has 0 aliphatic carbocycles. The Morgan fingerprint density at radius 2 is 2.10 bits per heavy atom. The third kappa shape index (κ3) is 4.19. The van der Waals surface area contributed by atoms with Gasteiger partial charge in [0.15, 0.2) is 0 Å². The molecule has 1 saturated heterocycles. The quantitative estimate of drug-likeness (QED) is 0.846. The minimum absolute atomic E-state index is 0.206. The SMILES string of the molecule is CCCN1CCC(C(C)Nc2ccc(F)cc2Br)CC1. The van der Waals surface area contributed by atoms with Crippen LogP contribution in [-0.4, -0.2) is 30.6 Å². The molecule has 1 unspecified atom stereocenters. The van der Waals surface area contributed by atoms with Crippen LogP contribution in [0.1, 0.15) is 33.1 Å². The van der Waals surface area contributed by atoms with Crippen molar-refractivity contribution < 1.29 is 4.39 Å². The van der Waals surface area contributed by atoms with Gasteiger partial charge in [0.2, 0.25) is 0 Å². The molecular weight excluding hydrogens is 319 g/mol. The van der Waals surface area contributed by atoms with Crippen LogP contribution in [0.5, 0.6) is 0 Å². The van der Waals surface area contributed by atoms with Gasteiger partial charge in [-0.15, -0.1) is 0 Å². The summed E-state index contributed by atoms with van der Waals surface area (Å²) < 4.78 is 13.9. The molecule has 2 nitrogen and oxygen atoms in total. The van der Waals surface area contributed by atoms with Crippen LogP contribution in [0.25, 0.3) is 0 Å². The van der Waals surface area contributed by atoms with Gasteiger partial charge in [-0.25, -0.2) is 4.39 Å². The molecule has 1 N–H and O–H groups in total. The molecule has 0 spiro atoms. The fraction of sp³-hybridized carbons (Fsp3) is 0.625. The van der Waals surface area contributed by atoms with Crippen LogP contribution in [-0.2, 0) is 0 Å². The number of nitrogens with zero attached hydrogens (tertiary/aromatic N) is 1. The first-order chi connectivity index (χ1) is 9.60. The predicted molar refractivity (Wildman–Crippen MR) is 86.6 cm³/mol. The predicted octanol–water partition coefficient (Wildman–Crippen LogP) is 4.51. The van der Waals surface area contributed by atoms with Crippen molar-refractivity contribution in [1.29, 1.82) is 0 Å². The van der Waals surface area contributed by atoms with Gasteiger partial charge in [-0.05, 0) is 85.9 Å². The molecule has 1 aromatic rings. The summed E-state index contributed by atoms with van der Waals surface area (Å²) >= 11 is 3.42. The van der Waals surface area contributed by atoms with Crippen LogP contribution in [0.15, 0.2) is 22.7 Å². The van der Waals surface area contributed by atoms with E-state index in [9.17, 15) is 4.39 Å². The van der Waals surface area contributed by atoms with E-state index >= 15 is 0 Å².